The predicted molar refractivity (Wildman–Crippen MR) is 74.1 cm³/mol. The van der Waals surface area contributed by atoms with Crippen molar-refractivity contribution in [1.82, 2.24) is 10.3 Å². The van der Waals surface area contributed by atoms with Crippen LogP contribution in [0.5, 0.6) is 0 Å². The normalized spacial score (nSPS) is 15.9. The number of aromatic nitrogens is 1. The fourth-order valence-electron chi connectivity index (χ4n) is 2.18. The van der Waals surface area contributed by atoms with Crippen molar-refractivity contribution in [3.8, 4) is 0 Å². The number of nitrogens with one attached hydrogen (secondary N) is 1. The summed E-state index contributed by atoms with van der Waals surface area (Å²) in [5.41, 5.74) is 8.09. The van der Waals surface area contributed by atoms with E-state index < -0.39 is 0 Å². The number of aryl methyl sites for hydroxylation is 1. The number of nitrogens with zero attached hydrogens (tertiary/aromatic N) is 2. The number of imide groups is 1. The number of piperazine rings is 1. The van der Waals surface area contributed by atoms with E-state index >= 15 is 0 Å². The number of hydrogen-bond donors (Lipinski definition) is 2. The van der Waals surface area contributed by atoms with E-state index in [2.05, 4.69) is 10.3 Å². The molecule has 1 aliphatic rings. The first-order valence-corrected chi connectivity index (χ1v) is 6.59. The van der Waals surface area contributed by atoms with Crippen molar-refractivity contribution < 1.29 is 9.59 Å². The van der Waals surface area contributed by atoms with Crippen molar-refractivity contribution in [3.63, 3.8) is 0 Å². The van der Waals surface area contributed by atoms with Crippen molar-refractivity contribution in [2.75, 3.05) is 23.7 Å². The van der Waals surface area contributed by atoms with Crippen LogP contribution in [-0.2, 0) is 9.59 Å². The van der Waals surface area contributed by atoms with Crippen molar-refractivity contribution in [2.45, 2.75) is 6.92 Å². The van der Waals surface area contributed by atoms with E-state index in [1.54, 1.807) is 16.2 Å². The first-order valence-electron chi connectivity index (χ1n) is 5.77. The van der Waals surface area contributed by atoms with Gasteiger partial charge in [-0.1, -0.05) is 0 Å². The Labute approximate surface area is 113 Å². The minimum atomic E-state index is -0.315. The standard InChI is InChI=1S/C12H12N4O2S/c1-6-14-8-3-9(7(13)2-10(8)19-6)16-4-11(17)15-12(18)5-16/h2-3H,4-5,13H2,1H3,(H,15,17,18). The minimum absolute atomic E-state index is 0.130. The van der Waals surface area contributed by atoms with E-state index in [0.717, 1.165) is 15.2 Å². The van der Waals surface area contributed by atoms with Gasteiger partial charge < -0.3 is 10.6 Å². The van der Waals surface area contributed by atoms with E-state index in [1.807, 2.05) is 19.1 Å². The van der Waals surface area contributed by atoms with Crippen LogP contribution in [-0.4, -0.2) is 29.9 Å². The second kappa shape index (κ2) is 4.20. The number of carbonyl (C=O) groups is 2. The van der Waals surface area contributed by atoms with Gasteiger partial charge in [-0.25, -0.2) is 4.98 Å². The largest absolute Gasteiger partial charge is 0.397 e. The zero-order valence-corrected chi connectivity index (χ0v) is 11.1. The Hall–Kier alpha value is -2.15. The molecule has 0 radical (unpaired) electrons. The molecule has 6 nitrogen and oxygen atoms in total. The van der Waals surface area contributed by atoms with Crippen LogP contribution in [0.1, 0.15) is 5.01 Å². The lowest BCUT2D eigenvalue weighted by Crippen LogP contribution is -2.51. The first kappa shape index (κ1) is 11.9. The van der Waals surface area contributed by atoms with Gasteiger partial charge >= 0.3 is 0 Å². The van der Waals surface area contributed by atoms with Gasteiger partial charge in [-0.15, -0.1) is 11.3 Å². The number of rotatable bonds is 1. The summed E-state index contributed by atoms with van der Waals surface area (Å²) >= 11 is 1.57. The molecule has 3 rings (SSSR count). The van der Waals surface area contributed by atoms with Gasteiger partial charge in [0.15, 0.2) is 0 Å². The highest BCUT2D eigenvalue weighted by molar-refractivity contribution is 7.18. The number of carbonyl (C=O) groups excluding carboxylic acids is 2. The van der Waals surface area contributed by atoms with Gasteiger partial charge in [0.25, 0.3) is 0 Å². The van der Waals surface area contributed by atoms with E-state index in [4.69, 9.17) is 5.73 Å². The van der Waals surface area contributed by atoms with E-state index in [-0.39, 0.29) is 24.9 Å². The predicted octanol–water partition coefficient (Wildman–Crippen LogP) is 0.650. The smallest absolute Gasteiger partial charge is 0.246 e. The number of hydrogen-bond acceptors (Lipinski definition) is 6. The third-order valence-corrected chi connectivity index (χ3v) is 3.87. The summed E-state index contributed by atoms with van der Waals surface area (Å²) in [6, 6.07) is 3.67. The van der Waals surface area contributed by atoms with E-state index in [0.29, 0.717) is 11.4 Å². The summed E-state index contributed by atoms with van der Waals surface area (Å²) in [5, 5.41) is 3.22. The highest BCUT2D eigenvalue weighted by Crippen LogP contribution is 2.32. The molecule has 0 saturated carbocycles. The van der Waals surface area contributed by atoms with Crippen LogP contribution in [0.4, 0.5) is 11.4 Å². The third kappa shape index (κ3) is 2.12. The maximum absolute atomic E-state index is 11.4. The minimum Gasteiger partial charge on any atom is -0.397 e. The molecule has 1 aliphatic heterocycles. The monoisotopic (exact) mass is 276 g/mol. The number of nitrogen functional groups attached to an aromatic ring is 1. The van der Waals surface area contributed by atoms with E-state index in [1.165, 1.54) is 0 Å². The Kier molecular flexibility index (Phi) is 2.63. The quantitative estimate of drug-likeness (QED) is 0.590. The molecule has 98 valence electrons. The Morgan fingerprint density at radius 2 is 2.00 bits per heavy atom. The van der Waals surface area contributed by atoms with Crippen molar-refractivity contribution in [1.29, 1.82) is 0 Å². The van der Waals surface area contributed by atoms with Gasteiger partial charge in [-0.2, -0.15) is 0 Å². The molecular formula is C12H12N4O2S. The van der Waals surface area contributed by atoms with Crippen LogP contribution in [0.25, 0.3) is 10.2 Å². The van der Waals surface area contributed by atoms with Gasteiger partial charge in [0, 0.05) is 0 Å². The van der Waals surface area contributed by atoms with Gasteiger partial charge in [-0.3, -0.25) is 14.9 Å². The van der Waals surface area contributed by atoms with Crippen LogP contribution in [0, 0.1) is 6.92 Å². The van der Waals surface area contributed by atoms with Gasteiger partial charge in [0.05, 0.1) is 39.7 Å². The summed E-state index contributed by atoms with van der Waals surface area (Å²) in [4.78, 5) is 28.9. The molecule has 1 saturated heterocycles. The fraction of sp³-hybridized carbons (Fsp3) is 0.250. The zero-order chi connectivity index (χ0) is 13.6. The molecule has 0 spiro atoms. The topological polar surface area (TPSA) is 88.3 Å². The van der Waals surface area contributed by atoms with Crippen LogP contribution >= 0.6 is 11.3 Å². The summed E-state index contributed by atoms with van der Waals surface area (Å²) in [6.45, 7) is 2.19. The lowest BCUT2D eigenvalue weighted by molar-refractivity contribution is -0.130. The molecule has 19 heavy (non-hydrogen) atoms. The Balaban J connectivity index is 2.06. The highest BCUT2D eigenvalue weighted by atomic mass is 32.1. The Bertz CT molecular complexity index is 678. The average Bonchev–Trinajstić information content (AvgIpc) is 2.65. The van der Waals surface area contributed by atoms with Gasteiger partial charge in [-0.05, 0) is 19.1 Å². The molecule has 0 atom stereocenters. The Morgan fingerprint density at radius 3 is 2.68 bits per heavy atom. The zero-order valence-electron chi connectivity index (χ0n) is 10.3. The van der Waals surface area contributed by atoms with Crippen LogP contribution < -0.4 is 16.0 Å². The maximum Gasteiger partial charge on any atom is 0.246 e. The number of fused-ring (bicyclic) bond motifs is 1. The van der Waals surface area contributed by atoms with Crippen molar-refractivity contribution in [2.24, 2.45) is 0 Å². The molecule has 1 aromatic heterocycles. The SMILES string of the molecule is Cc1nc2cc(N3CC(=O)NC(=O)C3)c(N)cc2s1. The van der Waals surface area contributed by atoms with Crippen LogP contribution in [0.2, 0.25) is 0 Å². The third-order valence-electron chi connectivity index (χ3n) is 2.93. The molecule has 0 unspecified atom stereocenters. The molecule has 3 N–H and O–H groups in total. The molecule has 7 heteroatoms. The second-order valence-corrected chi connectivity index (χ2v) is 5.67. The summed E-state index contributed by atoms with van der Waals surface area (Å²) in [7, 11) is 0. The lowest BCUT2D eigenvalue weighted by atomic mass is 10.2. The van der Waals surface area contributed by atoms with E-state index in [9.17, 15) is 9.59 Å². The molecule has 2 aromatic rings. The average molecular weight is 276 g/mol. The molecular weight excluding hydrogens is 264 g/mol. The summed E-state index contributed by atoms with van der Waals surface area (Å²) in [5.74, 6) is -0.629. The molecule has 1 fully saturated rings. The molecule has 2 heterocycles. The second-order valence-electron chi connectivity index (χ2n) is 4.44. The van der Waals surface area contributed by atoms with Crippen molar-refractivity contribution in [3.05, 3.63) is 17.1 Å². The highest BCUT2D eigenvalue weighted by Gasteiger charge is 2.24. The number of nitrogens with two attached hydrogens (primary N) is 1. The molecule has 2 amide bonds. The summed E-state index contributed by atoms with van der Waals surface area (Å²) in [6.07, 6.45) is 0. The number of anilines is 2. The van der Waals surface area contributed by atoms with Gasteiger partial charge in [0.1, 0.15) is 0 Å². The molecule has 0 aliphatic carbocycles. The number of benzene rings is 1. The van der Waals surface area contributed by atoms with Gasteiger partial charge in [0.2, 0.25) is 11.8 Å². The van der Waals surface area contributed by atoms with Crippen LogP contribution in [0.3, 0.4) is 0 Å². The fourth-order valence-corrected chi connectivity index (χ4v) is 3.03. The van der Waals surface area contributed by atoms with Crippen molar-refractivity contribution >= 4 is 44.7 Å². The Morgan fingerprint density at radius 1 is 1.32 bits per heavy atom. The number of thiazole rings is 1. The molecule has 1 aromatic carbocycles. The molecule has 0 bridgehead atoms. The first-order chi connectivity index (χ1) is 9.02. The summed E-state index contributed by atoms with van der Waals surface area (Å²) < 4.78 is 1.01. The van der Waals surface area contributed by atoms with Crippen LogP contribution in [0.15, 0.2) is 12.1 Å². The lowest BCUT2D eigenvalue weighted by Gasteiger charge is -2.28. The maximum atomic E-state index is 11.4. The number of amides is 2.